The molecule has 0 radical (unpaired) electrons. The van der Waals surface area contributed by atoms with E-state index in [1.54, 1.807) is 18.2 Å². The molecule has 1 aromatic heterocycles. The highest BCUT2D eigenvalue weighted by molar-refractivity contribution is 5.92. The molecule has 6 nitrogen and oxygen atoms in total. The van der Waals surface area contributed by atoms with E-state index < -0.39 is 5.97 Å². The molecule has 0 spiro atoms. The molecule has 0 aliphatic carbocycles. The van der Waals surface area contributed by atoms with Crippen LogP contribution in [0.4, 0.5) is 0 Å². The van der Waals surface area contributed by atoms with Crippen molar-refractivity contribution in [3.63, 3.8) is 0 Å². The minimum absolute atomic E-state index is 0.208. The molecule has 6 heteroatoms. The SMILES string of the molecule is CCn1nc(C)c(CNC(=O)C=Cc2ccc(C(=O)O)cc2)c1C. The number of amides is 1. The maximum atomic E-state index is 11.9. The van der Waals surface area contributed by atoms with E-state index >= 15 is 0 Å². The summed E-state index contributed by atoms with van der Waals surface area (Å²) in [5.41, 5.74) is 3.99. The van der Waals surface area contributed by atoms with Crippen molar-refractivity contribution in [3.05, 3.63) is 58.4 Å². The first-order valence-corrected chi connectivity index (χ1v) is 7.74. The zero-order valence-corrected chi connectivity index (χ0v) is 14.0. The summed E-state index contributed by atoms with van der Waals surface area (Å²) >= 11 is 0. The summed E-state index contributed by atoms with van der Waals surface area (Å²) in [5.74, 6) is -1.18. The minimum Gasteiger partial charge on any atom is -0.478 e. The second-order valence-electron chi connectivity index (χ2n) is 5.44. The summed E-state index contributed by atoms with van der Waals surface area (Å²) in [6, 6.07) is 6.33. The molecule has 0 saturated carbocycles. The lowest BCUT2D eigenvalue weighted by Crippen LogP contribution is -2.21. The Morgan fingerprint density at radius 2 is 1.92 bits per heavy atom. The normalized spacial score (nSPS) is 11.0. The van der Waals surface area contributed by atoms with Crippen LogP contribution in [0.1, 0.15) is 39.8 Å². The van der Waals surface area contributed by atoms with Gasteiger partial charge in [0.1, 0.15) is 0 Å². The van der Waals surface area contributed by atoms with E-state index in [-0.39, 0.29) is 11.5 Å². The van der Waals surface area contributed by atoms with Crippen LogP contribution < -0.4 is 5.32 Å². The van der Waals surface area contributed by atoms with Gasteiger partial charge < -0.3 is 10.4 Å². The van der Waals surface area contributed by atoms with Crippen molar-refractivity contribution in [1.82, 2.24) is 15.1 Å². The van der Waals surface area contributed by atoms with E-state index in [4.69, 9.17) is 5.11 Å². The molecule has 2 N–H and O–H groups in total. The number of carboxylic acids is 1. The Hall–Kier alpha value is -2.89. The average molecular weight is 327 g/mol. The van der Waals surface area contributed by atoms with Crippen LogP contribution in [0.25, 0.3) is 6.08 Å². The van der Waals surface area contributed by atoms with Gasteiger partial charge in [0.25, 0.3) is 0 Å². The molecular formula is C18H21N3O3. The van der Waals surface area contributed by atoms with E-state index in [1.165, 1.54) is 18.2 Å². The Bertz CT molecular complexity index is 774. The Labute approximate surface area is 140 Å². The predicted molar refractivity (Wildman–Crippen MR) is 91.7 cm³/mol. The van der Waals surface area contributed by atoms with Crippen molar-refractivity contribution in [2.75, 3.05) is 0 Å². The maximum Gasteiger partial charge on any atom is 0.335 e. The first-order valence-electron chi connectivity index (χ1n) is 7.74. The molecule has 1 heterocycles. The highest BCUT2D eigenvalue weighted by Gasteiger charge is 2.10. The topological polar surface area (TPSA) is 84.2 Å². The van der Waals surface area contributed by atoms with Crippen molar-refractivity contribution < 1.29 is 14.7 Å². The van der Waals surface area contributed by atoms with E-state index in [1.807, 2.05) is 25.5 Å². The van der Waals surface area contributed by atoms with Crippen LogP contribution in [0.3, 0.4) is 0 Å². The summed E-state index contributed by atoms with van der Waals surface area (Å²) in [6.45, 7) is 7.18. The molecule has 0 fully saturated rings. The number of carboxylic acid groups (broad SMARTS) is 1. The lowest BCUT2D eigenvalue weighted by atomic mass is 10.1. The number of rotatable bonds is 6. The van der Waals surface area contributed by atoms with Gasteiger partial charge in [-0.25, -0.2) is 4.79 Å². The van der Waals surface area contributed by atoms with Gasteiger partial charge in [-0.15, -0.1) is 0 Å². The molecule has 0 saturated heterocycles. The number of hydrogen-bond acceptors (Lipinski definition) is 3. The fourth-order valence-electron chi connectivity index (χ4n) is 2.44. The number of aromatic carboxylic acids is 1. The van der Waals surface area contributed by atoms with Gasteiger partial charge in [0.15, 0.2) is 0 Å². The van der Waals surface area contributed by atoms with Gasteiger partial charge in [-0.1, -0.05) is 12.1 Å². The molecule has 0 bridgehead atoms. The summed E-state index contributed by atoms with van der Waals surface area (Å²) in [5, 5.41) is 16.1. The van der Waals surface area contributed by atoms with Crippen molar-refractivity contribution in [3.8, 4) is 0 Å². The minimum atomic E-state index is -0.971. The predicted octanol–water partition coefficient (Wildman–Crippen LogP) is 2.55. The molecule has 0 aliphatic rings. The third kappa shape index (κ3) is 4.10. The van der Waals surface area contributed by atoms with Crippen molar-refractivity contribution >= 4 is 18.0 Å². The highest BCUT2D eigenvalue weighted by atomic mass is 16.4. The summed E-state index contributed by atoms with van der Waals surface area (Å²) in [6.07, 6.45) is 3.08. The number of carbonyl (C=O) groups is 2. The third-order valence-electron chi connectivity index (χ3n) is 3.86. The Balaban J connectivity index is 1.96. The number of hydrogen-bond donors (Lipinski definition) is 2. The van der Waals surface area contributed by atoms with E-state index in [0.717, 1.165) is 29.1 Å². The first-order chi connectivity index (χ1) is 11.4. The molecule has 0 aliphatic heterocycles. The Kier molecular flexibility index (Phi) is 5.52. The van der Waals surface area contributed by atoms with E-state index in [9.17, 15) is 9.59 Å². The molecule has 2 rings (SSSR count). The second kappa shape index (κ2) is 7.59. The number of carbonyl (C=O) groups excluding carboxylic acids is 1. The number of aromatic nitrogens is 2. The van der Waals surface area contributed by atoms with Gasteiger partial charge in [0.05, 0.1) is 11.3 Å². The van der Waals surface area contributed by atoms with Gasteiger partial charge in [-0.05, 0) is 44.5 Å². The summed E-state index contributed by atoms with van der Waals surface area (Å²) in [4.78, 5) is 22.7. The van der Waals surface area contributed by atoms with Gasteiger partial charge in [0.2, 0.25) is 5.91 Å². The van der Waals surface area contributed by atoms with Crippen LogP contribution in [-0.4, -0.2) is 26.8 Å². The Morgan fingerprint density at radius 1 is 1.25 bits per heavy atom. The second-order valence-corrected chi connectivity index (χ2v) is 5.44. The van der Waals surface area contributed by atoms with Crippen LogP contribution in [0.5, 0.6) is 0 Å². The molecule has 1 amide bonds. The molecule has 1 aromatic carbocycles. The number of benzene rings is 1. The smallest absolute Gasteiger partial charge is 0.335 e. The first kappa shape index (κ1) is 17.5. The molecule has 0 unspecified atom stereocenters. The van der Waals surface area contributed by atoms with Crippen LogP contribution in [-0.2, 0) is 17.9 Å². The standard InChI is InChI=1S/C18H21N3O3/c1-4-21-13(3)16(12(2)20-21)11-19-17(22)10-7-14-5-8-15(9-6-14)18(23)24/h5-10H,4,11H2,1-3H3,(H,19,22)(H,23,24). The van der Waals surface area contributed by atoms with Crippen LogP contribution in [0, 0.1) is 13.8 Å². The van der Waals surface area contributed by atoms with Gasteiger partial charge in [-0.2, -0.15) is 5.10 Å². The number of nitrogens with one attached hydrogen (secondary N) is 1. The lowest BCUT2D eigenvalue weighted by Gasteiger charge is -2.04. The molecule has 126 valence electrons. The van der Waals surface area contributed by atoms with E-state index in [2.05, 4.69) is 10.4 Å². The zero-order valence-electron chi connectivity index (χ0n) is 14.0. The van der Waals surface area contributed by atoms with Crippen molar-refractivity contribution in [2.45, 2.75) is 33.9 Å². The molecule has 24 heavy (non-hydrogen) atoms. The largest absolute Gasteiger partial charge is 0.478 e. The molecular weight excluding hydrogens is 306 g/mol. The van der Waals surface area contributed by atoms with Crippen LogP contribution in [0.2, 0.25) is 0 Å². The van der Waals surface area contributed by atoms with Gasteiger partial charge in [-0.3, -0.25) is 9.48 Å². The quantitative estimate of drug-likeness (QED) is 0.799. The van der Waals surface area contributed by atoms with Crippen molar-refractivity contribution in [2.24, 2.45) is 0 Å². The van der Waals surface area contributed by atoms with Gasteiger partial charge >= 0.3 is 5.97 Å². The fourth-order valence-corrected chi connectivity index (χ4v) is 2.44. The van der Waals surface area contributed by atoms with Crippen molar-refractivity contribution in [1.29, 1.82) is 0 Å². The van der Waals surface area contributed by atoms with E-state index in [0.29, 0.717) is 6.54 Å². The summed E-state index contributed by atoms with van der Waals surface area (Å²) < 4.78 is 1.91. The Morgan fingerprint density at radius 3 is 2.46 bits per heavy atom. The maximum absolute atomic E-state index is 11.9. The van der Waals surface area contributed by atoms with Gasteiger partial charge in [0, 0.05) is 30.4 Å². The highest BCUT2D eigenvalue weighted by Crippen LogP contribution is 2.12. The number of nitrogens with zero attached hydrogens (tertiary/aromatic N) is 2. The van der Waals surface area contributed by atoms with Crippen LogP contribution in [0.15, 0.2) is 30.3 Å². The summed E-state index contributed by atoms with van der Waals surface area (Å²) in [7, 11) is 0. The van der Waals surface area contributed by atoms with Crippen LogP contribution >= 0.6 is 0 Å². The monoisotopic (exact) mass is 327 g/mol. The fraction of sp³-hybridized carbons (Fsp3) is 0.278. The lowest BCUT2D eigenvalue weighted by molar-refractivity contribution is -0.116. The molecule has 2 aromatic rings. The molecule has 0 atom stereocenters. The average Bonchev–Trinajstić information content (AvgIpc) is 2.85. The zero-order chi connectivity index (χ0) is 17.7. The third-order valence-corrected chi connectivity index (χ3v) is 3.86. The number of aryl methyl sites for hydroxylation is 2.